The minimum absolute atomic E-state index is 0.458. The van der Waals surface area contributed by atoms with Crippen LogP contribution in [0.2, 0.25) is 0 Å². The summed E-state index contributed by atoms with van der Waals surface area (Å²) in [5, 5.41) is 3.93. The molecule has 5 heteroatoms. The maximum absolute atomic E-state index is 5.89. The molecule has 0 spiro atoms. The lowest BCUT2D eigenvalue weighted by Gasteiger charge is -2.10. The van der Waals surface area contributed by atoms with E-state index in [0.717, 1.165) is 10.0 Å². The van der Waals surface area contributed by atoms with E-state index in [1.165, 1.54) is 0 Å². The van der Waals surface area contributed by atoms with Gasteiger partial charge in [-0.15, -0.1) is 0 Å². The second-order valence-electron chi connectivity index (χ2n) is 4.51. The molecule has 17 heavy (non-hydrogen) atoms. The first-order chi connectivity index (χ1) is 7.97. The zero-order chi connectivity index (χ0) is 12.5. The highest BCUT2D eigenvalue weighted by molar-refractivity contribution is 9.10. The molecule has 0 saturated heterocycles. The van der Waals surface area contributed by atoms with E-state index in [2.05, 4.69) is 26.1 Å². The van der Waals surface area contributed by atoms with E-state index in [-0.39, 0.29) is 0 Å². The summed E-state index contributed by atoms with van der Waals surface area (Å²) in [7, 11) is 0. The summed E-state index contributed by atoms with van der Waals surface area (Å²) in [6, 6.07) is 7.96. The normalized spacial score (nSPS) is 11.8. The van der Waals surface area contributed by atoms with Crippen LogP contribution < -0.4 is 5.73 Å². The Balaban J connectivity index is 2.21. The third-order valence-electron chi connectivity index (χ3n) is 2.33. The number of hydrogen-bond acceptors (Lipinski definition) is 4. The van der Waals surface area contributed by atoms with E-state index >= 15 is 0 Å². The van der Waals surface area contributed by atoms with Crippen LogP contribution in [0.3, 0.4) is 0 Å². The molecule has 0 saturated carbocycles. The topological polar surface area (TPSA) is 64.9 Å². The van der Waals surface area contributed by atoms with Crippen LogP contribution in [-0.2, 0) is 12.0 Å². The van der Waals surface area contributed by atoms with Gasteiger partial charge >= 0.3 is 0 Å². The molecule has 0 aliphatic rings. The molecule has 0 unspecified atom stereocenters. The molecule has 0 aliphatic carbocycles. The molecular weight excluding hydrogens is 282 g/mol. The molecule has 4 nitrogen and oxygen atoms in total. The van der Waals surface area contributed by atoms with Crippen molar-refractivity contribution in [2.24, 2.45) is 5.73 Å². The molecular formula is C12H14BrN3O. The van der Waals surface area contributed by atoms with Crippen molar-refractivity contribution in [1.29, 1.82) is 0 Å². The van der Waals surface area contributed by atoms with Crippen molar-refractivity contribution in [2.45, 2.75) is 25.8 Å². The molecule has 2 rings (SSSR count). The Morgan fingerprint density at radius 3 is 2.65 bits per heavy atom. The number of nitrogens with zero attached hydrogens (tertiary/aromatic N) is 2. The average Bonchev–Trinajstić information content (AvgIpc) is 2.69. The van der Waals surface area contributed by atoms with Gasteiger partial charge in [-0.25, -0.2) is 0 Å². The highest BCUT2D eigenvalue weighted by Crippen LogP contribution is 2.20. The van der Waals surface area contributed by atoms with Gasteiger partial charge in [-0.2, -0.15) is 4.98 Å². The summed E-state index contributed by atoms with van der Waals surface area (Å²) in [5.74, 6) is 1.10. The molecule has 1 aromatic carbocycles. The van der Waals surface area contributed by atoms with Crippen molar-refractivity contribution in [1.82, 2.24) is 10.1 Å². The van der Waals surface area contributed by atoms with Crippen molar-refractivity contribution < 1.29 is 4.52 Å². The van der Waals surface area contributed by atoms with Crippen molar-refractivity contribution in [3.8, 4) is 0 Å². The summed E-state index contributed by atoms with van der Waals surface area (Å²) < 4.78 is 6.18. The fourth-order valence-corrected chi connectivity index (χ4v) is 1.82. The van der Waals surface area contributed by atoms with Crippen LogP contribution in [0.15, 0.2) is 33.3 Å². The Hall–Kier alpha value is -1.20. The quantitative estimate of drug-likeness (QED) is 0.945. The van der Waals surface area contributed by atoms with Crippen LogP contribution in [0.4, 0.5) is 0 Å². The van der Waals surface area contributed by atoms with Crippen molar-refractivity contribution in [3.63, 3.8) is 0 Å². The Kier molecular flexibility index (Phi) is 3.31. The van der Waals surface area contributed by atoms with Crippen LogP contribution in [0.25, 0.3) is 0 Å². The highest BCUT2D eigenvalue weighted by atomic mass is 79.9. The van der Waals surface area contributed by atoms with Gasteiger partial charge in [-0.3, -0.25) is 0 Å². The third-order valence-corrected chi connectivity index (χ3v) is 3.10. The van der Waals surface area contributed by atoms with Gasteiger partial charge in [0.1, 0.15) is 0 Å². The standard InChI is InChI=1S/C12H14BrN3O/c1-12(2,14)11-15-10(16-17-11)7-8-5-3-4-6-9(8)13/h3-6H,7,14H2,1-2H3. The van der Waals surface area contributed by atoms with Crippen LogP contribution >= 0.6 is 15.9 Å². The second kappa shape index (κ2) is 4.58. The highest BCUT2D eigenvalue weighted by Gasteiger charge is 2.22. The van der Waals surface area contributed by atoms with Gasteiger partial charge in [0.25, 0.3) is 0 Å². The van der Waals surface area contributed by atoms with E-state index in [4.69, 9.17) is 10.3 Å². The molecule has 0 radical (unpaired) electrons. The summed E-state index contributed by atoms with van der Waals surface area (Å²) in [4.78, 5) is 4.29. The lowest BCUT2D eigenvalue weighted by molar-refractivity contribution is 0.310. The summed E-state index contributed by atoms with van der Waals surface area (Å²) in [6.07, 6.45) is 0.626. The number of rotatable bonds is 3. The zero-order valence-electron chi connectivity index (χ0n) is 9.77. The van der Waals surface area contributed by atoms with Gasteiger partial charge < -0.3 is 10.3 Å². The van der Waals surface area contributed by atoms with Crippen molar-refractivity contribution in [3.05, 3.63) is 46.0 Å². The lowest BCUT2D eigenvalue weighted by Crippen LogP contribution is -2.29. The minimum atomic E-state index is -0.598. The Labute approximate surface area is 108 Å². The first-order valence-electron chi connectivity index (χ1n) is 5.32. The first kappa shape index (κ1) is 12.3. The second-order valence-corrected chi connectivity index (χ2v) is 5.36. The van der Waals surface area contributed by atoms with Crippen LogP contribution in [0.5, 0.6) is 0 Å². The fraction of sp³-hybridized carbons (Fsp3) is 0.333. The number of nitrogens with two attached hydrogens (primary N) is 1. The van der Waals surface area contributed by atoms with Gasteiger partial charge in [0, 0.05) is 10.9 Å². The molecule has 1 aromatic heterocycles. The number of hydrogen-bond donors (Lipinski definition) is 1. The maximum atomic E-state index is 5.89. The first-order valence-corrected chi connectivity index (χ1v) is 6.11. The van der Waals surface area contributed by atoms with E-state index < -0.39 is 5.54 Å². The van der Waals surface area contributed by atoms with Gasteiger partial charge in [-0.05, 0) is 25.5 Å². The lowest BCUT2D eigenvalue weighted by atomic mass is 10.1. The molecule has 2 aromatic rings. The van der Waals surface area contributed by atoms with Crippen LogP contribution in [0.1, 0.15) is 31.1 Å². The Bertz CT molecular complexity index is 516. The van der Waals surface area contributed by atoms with Gasteiger partial charge in [-0.1, -0.05) is 39.3 Å². The van der Waals surface area contributed by atoms with E-state index in [9.17, 15) is 0 Å². The molecule has 2 N–H and O–H groups in total. The average molecular weight is 296 g/mol. The van der Waals surface area contributed by atoms with E-state index in [1.54, 1.807) is 0 Å². The van der Waals surface area contributed by atoms with Crippen LogP contribution in [-0.4, -0.2) is 10.1 Å². The van der Waals surface area contributed by atoms with Crippen molar-refractivity contribution in [2.75, 3.05) is 0 Å². The molecule has 0 aliphatic heterocycles. The minimum Gasteiger partial charge on any atom is -0.337 e. The monoisotopic (exact) mass is 295 g/mol. The number of halogens is 1. The largest absolute Gasteiger partial charge is 0.337 e. The smallest absolute Gasteiger partial charge is 0.246 e. The molecule has 0 amide bonds. The Morgan fingerprint density at radius 2 is 2.06 bits per heavy atom. The molecule has 90 valence electrons. The Morgan fingerprint density at radius 1 is 1.35 bits per heavy atom. The van der Waals surface area contributed by atoms with Crippen LogP contribution in [0, 0.1) is 0 Å². The molecule has 0 atom stereocenters. The summed E-state index contributed by atoms with van der Waals surface area (Å²) in [5.41, 5.74) is 6.41. The molecule has 0 bridgehead atoms. The fourth-order valence-electron chi connectivity index (χ4n) is 1.40. The molecule has 0 fully saturated rings. The van der Waals surface area contributed by atoms with Crippen molar-refractivity contribution >= 4 is 15.9 Å². The zero-order valence-corrected chi connectivity index (χ0v) is 11.4. The van der Waals surface area contributed by atoms with E-state index in [1.807, 2.05) is 38.1 Å². The third kappa shape index (κ3) is 2.92. The van der Waals surface area contributed by atoms with Gasteiger partial charge in [0.2, 0.25) is 5.89 Å². The van der Waals surface area contributed by atoms with Gasteiger partial charge in [0.15, 0.2) is 5.82 Å². The summed E-state index contributed by atoms with van der Waals surface area (Å²) >= 11 is 3.49. The predicted octanol–water partition coefficient (Wildman–Crippen LogP) is 2.62. The van der Waals surface area contributed by atoms with E-state index in [0.29, 0.717) is 18.1 Å². The maximum Gasteiger partial charge on any atom is 0.246 e. The molecule has 1 heterocycles. The summed E-state index contributed by atoms with van der Waals surface area (Å²) in [6.45, 7) is 3.67. The predicted molar refractivity (Wildman–Crippen MR) is 68.5 cm³/mol. The number of benzene rings is 1. The number of aromatic nitrogens is 2. The SMILES string of the molecule is CC(C)(N)c1nc(Cc2ccccc2Br)no1. The van der Waals surface area contributed by atoms with Gasteiger partial charge in [0.05, 0.1) is 5.54 Å².